The topological polar surface area (TPSA) is 24.1 Å². The van der Waals surface area contributed by atoms with Gasteiger partial charge in [0, 0.05) is 19.1 Å². The van der Waals surface area contributed by atoms with Crippen molar-refractivity contribution in [2.24, 2.45) is 11.8 Å². The van der Waals surface area contributed by atoms with Gasteiger partial charge in [-0.25, -0.2) is 0 Å². The number of unbranched alkanes of at least 4 members (excludes halogenated alkanes) is 5. The van der Waals surface area contributed by atoms with Gasteiger partial charge in [-0.05, 0) is 50.5 Å². The van der Waals surface area contributed by atoms with E-state index in [0.29, 0.717) is 0 Å². The lowest BCUT2D eigenvalue weighted by molar-refractivity contribution is 0.242. The van der Waals surface area contributed by atoms with Crippen LogP contribution >= 0.6 is 0 Å². The smallest absolute Gasteiger partial charge is 0.0159 e. The van der Waals surface area contributed by atoms with E-state index >= 15 is 0 Å². The van der Waals surface area contributed by atoms with E-state index in [-0.39, 0.29) is 0 Å². The molecule has 2 aliphatic rings. The third kappa shape index (κ3) is 6.04. The average Bonchev–Trinajstić information content (AvgIpc) is 2.52. The maximum atomic E-state index is 3.84. The highest BCUT2D eigenvalue weighted by Crippen LogP contribution is 2.38. The molecule has 0 amide bonds. The number of allylic oxidation sites excluding steroid dienone is 1. The van der Waals surface area contributed by atoms with Crippen LogP contribution in [0.15, 0.2) is 11.6 Å². The largest absolute Gasteiger partial charge is 0.315 e. The Balaban J connectivity index is 1.48. The van der Waals surface area contributed by atoms with Crippen LogP contribution in [0.25, 0.3) is 0 Å². The summed E-state index contributed by atoms with van der Waals surface area (Å²) in [5, 5.41) is 7.45. The van der Waals surface area contributed by atoms with Crippen LogP contribution < -0.4 is 10.6 Å². The van der Waals surface area contributed by atoms with Crippen LogP contribution in [0.5, 0.6) is 0 Å². The number of rotatable bonds is 11. The highest BCUT2D eigenvalue weighted by atomic mass is 15.0. The molecule has 0 heterocycles. The predicted molar refractivity (Wildman–Crippen MR) is 97.2 cm³/mol. The van der Waals surface area contributed by atoms with E-state index in [1.165, 1.54) is 70.8 Å². The van der Waals surface area contributed by atoms with Crippen molar-refractivity contribution in [3.05, 3.63) is 11.6 Å². The summed E-state index contributed by atoms with van der Waals surface area (Å²) in [6, 6.07) is 0.722. The van der Waals surface area contributed by atoms with Crippen molar-refractivity contribution < 1.29 is 0 Å². The molecule has 0 aliphatic heterocycles. The first-order valence-corrected chi connectivity index (χ1v) is 9.95. The molecule has 0 aromatic rings. The van der Waals surface area contributed by atoms with Crippen LogP contribution in [-0.2, 0) is 0 Å². The molecule has 3 atom stereocenters. The maximum absolute atomic E-state index is 3.84. The van der Waals surface area contributed by atoms with Gasteiger partial charge in [0.05, 0.1) is 0 Å². The molecule has 128 valence electrons. The third-order valence-corrected chi connectivity index (χ3v) is 5.56. The molecule has 0 aromatic carbocycles. The molecule has 2 rings (SSSR count). The van der Waals surface area contributed by atoms with Gasteiger partial charge in [-0.3, -0.25) is 0 Å². The lowest BCUT2D eigenvalue weighted by Crippen LogP contribution is -2.46. The van der Waals surface area contributed by atoms with Gasteiger partial charge in [-0.15, -0.1) is 0 Å². The molecule has 0 spiro atoms. The third-order valence-electron chi connectivity index (χ3n) is 5.56. The normalized spacial score (nSPS) is 27.7. The van der Waals surface area contributed by atoms with Crippen molar-refractivity contribution in [2.75, 3.05) is 19.6 Å². The molecule has 2 bridgehead atoms. The second-order valence-electron chi connectivity index (χ2n) is 7.54. The van der Waals surface area contributed by atoms with Crippen LogP contribution in [0.4, 0.5) is 0 Å². The summed E-state index contributed by atoms with van der Waals surface area (Å²) in [5.41, 5.74) is 1.74. The molecule has 2 N–H and O–H groups in total. The molecule has 2 heteroatoms. The Hall–Kier alpha value is -0.340. The highest BCUT2D eigenvalue weighted by molar-refractivity contribution is 5.15. The summed E-state index contributed by atoms with van der Waals surface area (Å²) in [5.74, 6) is 1.63. The molecule has 1 fully saturated rings. The van der Waals surface area contributed by atoms with Crippen molar-refractivity contribution in [1.29, 1.82) is 0 Å². The standard InChI is InChI=1S/C20H38N2/c1-3-4-5-6-7-8-12-21-13-14-22-20-17(2)15-18-10-9-11-19(20)16-18/h15,17,19-22H,3-14,16H2,1-2H3. The Morgan fingerprint density at radius 3 is 2.73 bits per heavy atom. The minimum atomic E-state index is 0.722. The Morgan fingerprint density at radius 1 is 1.05 bits per heavy atom. The number of hydrogen-bond donors (Lipinski definition) is 2. The van der Waals surface area contributed by atoms with Crippen LogP contribution in [0, 0.1) is 11.8 Å². The van der Waals surface area contributed by atoms with Crippen LogP contribution in [0.1, 0.15) is 78.1 Å². The number of fused-ring (bicyclic) bond motifs is 2. The van der Waals surface area contributed by atoms with E-state index in [4.69, 9.17) is 0 Å². The molecule has 0 radical (unpaired) electrons. The van der Waals surface area contributed by atoms with Crippen molar-refractivity contribution >= 4 is 0 Å². The van der Waals surface area contributed by atoms with Gasteiger partial charge in [0.2, 0.25) is 0 Å². The van der Waals surface area contributed by atoms with Gasteiger partial charge < -0.3 is 10.6 Å². The Bertz CT molecular complexity index is 324. The zero-order valence-corrected chi connectivity index (χ0v) is 15.0. The minimum Gasteiger partial charge on any atom is -0.315 e. The molecule has 0 aromatic heterocycles. The van der Waals surface area contributed by atoms with Gasteiger partial charge in [-0.1, -0.05) is 57.6 Å². The summed E-state index contributed by atoms with van der Waals surface area (Å²) in [4.78, 5) is 0. The molecular formula is C20H38N2. The monoisotopic (exact) mass is 306 g/mol. The highest BCUT2D eigenvalue weighted by Gasteiger charge is 2.32. The van der Waals surface area contributed by atoms with Gasteiger partial charge in [0.15, 0.2) is 0 Å². The zero-order valence-electron chi connectivity index (χ0n) is 15.0. The summed E-state index contributed by atoms with van der Waals surface area (Å²) in [7, 11) is 0. The second kappa shape index (κ2) is 10.4. The van der Waals surface area contributed by atoms with Crippen LogP contribution in [-0.4, -0.2) is 25.7 Å². The van der Waals surface area contributed by atoms with Gasteiger partial charge in [-0.2, -0.15) is 0 Å². The van der Waals surface area contributed by atoms with E-state index < -0.39 is 0 Å². The maximum Gasteiger partial charge on any atom is 0.0159 e. The summed E-state index contributed by atoms with van der Waals surface area (Å²) < 4.78 is 0. The summed E-state index contributed by atoms with van der Waals surface area (Å²) >= 11 is 0. The first-order valence-electron chi connectivity index (χ1n) is 9.95. The van der Waals surface area contributed by atoms with Crippen molar-refractivity contribution in [2.45, 2.75) is 84.1 Å². The van der Waals surface area contributed by atoms with E-state index in [1.807, 2.05) is 0 Å². The Morgan fingerprint density at radius 2 is 1.86 bits per heavy atom. The molecule has 1 saturated carbocycles. The fourth-order valence-corrected chi connectivity index (χ4v) is 4.33. The molecule has 2 nitrogen and oxygen atoms in total. The van der Waals surface area contributed by atoms with E-state index in [9.17, 15) is 0 Å². The fourth-order valence-electron chi connectivity index (χ4n) is 4.33. The molecule has 0 saturated heterocycles. The predicted octanol–water partition coefficient (Wildman–Crippen LogP) is 4.66. The SMILES string of the molecule is CCCCCCCCNCCNC1C(C)C=C2CCCC1C2. The van der Waals surface area contributed by atoms with Crippen molar-refractivity contribution in [3.63, 3.8) is 0 Å². The first-order chi connectivity index (χ1) is 10.8. The van der Waals surface area contributed by atoms with Crippen molar-refractivity contribution in [3.8, 4) is 0 Å². The van der Waals surface area contributed by atoms with E-state index in [0.717, 1.165) is 31.0 Å². The fraction of sp³-hybridized carbons (Fsp3) is 0.900. The number of nitrogens with one attached hydrogen (secondary N) is 2. The lowest BCUT2D eigenvalue weighted by atomic mass is 9.71. The van der Waals surface area contributed by atoms with Crippen LogP contribution in [0.3, 0.4) is 0 Å². The second-order valence-corrected chi connectivity index (χ2v) is 7.54. The van der Waals surface area contributed by atoms with Gasteiger partial charge in [0.25, 0.3) is 0 Å². The van der Waals surface area contributed by atoms with E-state index in [2.05, 4.69) is 30.6 Å². The average molecular weight is 307 g/mol. The van der Waals surface area contributed by atoms with E-state index in [1.54, 1.807) is 5.57 Å². The molecule has 22 heavy (non-hydrogen) atoms. The van der Waals surface area contributed by atoms with Crippen LogP contribution in [0.2, 0.25) is 0 Å². The van der Waals surface area contributed by atoms with Gasteiger partial charge >= 0.3 is 0 Å². The summed E-state index contributed by atoms with van der Waals surface area (Å²) in [6.07, 6.45) is 16.5. The quantitative estimate of drug-likeness (QED) is 0.428. The minimum absolute atomic E-state index is 0.722. The molecule has 2 aliphatic carbocycles. The Labute approximate surface area is 138 Å². The first kappa shape index (κ1) is 18.0. The Kier molecular flexibility index (Phi) is 8.54. The van der Waals surface area contributed by atoms with Crippen molar-refractivity contribution in [1.82, 2.24) is 10.6 Å². The molecular weight excluding hydrogens is 268 g/mol. The lowest BCUT2D eigenvalue weighted by Gasteiger charge is -2.39. The van der Waals surface area contributed by atoms with Gasteiger partial charge in [0.1, 0.15) is 0 Å². The number of hydrogen-bond acceptors (Lipinski definition) is 2. The zero-order chi connectivity index (χ0) is 15.6. The molecule has 3 unspecified atom stereocenters. The summed E-state index contributed by atoms with van der Waals surface area (Å²) in [6.45, 7) is 8.14.